The maximum Gasteiger partial charge on any atom is 0.254 e. The van der Waals surface area contributed by atoms with Crippen LogP contribution in [-0.4, -0.2) is 28.9 Å². The van der Waals surface area contributed by atoms with Gasteiger partial charge < -0.3 is 9.64 Å². The number of aromatic nitrogens is 1. The second-order valence-electron chi connectivity index (χ2n) is 8.72. The molecule has 184 valence electrons. The van der Waals surface area contributed by atoms with E-state index in [2.05, 4.69) is 18.7 Å². The van der Waals surface area contributed by atoms with Crippen molar-refractivity contribution in [3.63, 3.8) is 0 Å². The number of rotatable bonds is 8. The van der Waals surface area contributed by atoms with E-state index >= 15 is 0 Å². The third-order valence-electron chi connectivity index (χ3n) is 6.15. The van der Waals surface area contributed by atoms with Crippen molar-refractivity contribution in [3.05, 3.63) is 106 Å². The number of allylic oxidation sites excluding steroid dienone is 1. The van der Waals surface area contributed by atoms with E-state index in [9.17, 15) is 4.79 Å². The summed E-state index contributed by atoms with van der Waals surface area (Å²) in [4.78, 5) is 20.0. The molecule has 1 fully saturated rings. The molecule has 0 radical (unpaired) electrons. The zero-order valence-corrected chi connectivity index (χ0v) is 21.4. The van der Waals surface area contributed by atoms with Crippen molar-refractivity contribution >= 4 is 41.3 Å². The zero-order valence-electron chi connectivity index (χ0n) is 20.6. The van der Waals surface area contributed by atoms with Gasteiger partial charge in [0.1, 0.15) is 12.4 Å². The number of amides is 1. The molecule has 0 atom stereocenters. The minimum absolute atomic E-state index is 0.0528. The molecule has 0 aliphatic carbocycles. The molecular weight excluding hydrogens is 468 g/mol. The Morgan fingerprint density at radius 1 is 1.06 bits per heavy atom. The largest absolute Gasteiger partial charge is 0.487 e. The number of nitrogens with zero attached hydrogens (tertiary/aromatic N) is 2. The number of carbonyl (C=O) groups is 1. The van der Waals surface area contributed by atoms with Crippen LogP contribution in [0.15, 0.2) is 73.3 Å². The van der Waals surface area contributed by atoms with E-state index in [0.717, 1.165) is 65.5 Å². The Bertz CT molecular complexity index is 1350. The van der Waals surface area contributed by atoms with Crippen LogP contribution in [0.4, 0.5) is 0 Å². The molecule has 0 bridgehead atoms. The van der Waals surface area contributed by atoms with Crippen LogP contribution in [0.2, 0.25) is 5.02 Å². The molecule has 2 heterocycles. The predicted molar refractivity (Wildman–Crippen MR) is 149 cm³/mol. The van der Waals surface area contributed by atoms with Crippen LogP contribution in [0.25, 0.3) is 23.8 Å². The highest BCUT2D eigenvalue weighted by molar-refractivity contribution is 6.30. The van der Waals surface area contributed by atoms with E-state index in [1.165, 1.54) is 0 Å². The Labute approximate surface area is 217 Å². The van der Waals surface area contributed by atoms with E-state index in [0.29, 0.717) is 17.2 Å². The number of carbonyl (C=O) groups excluding carboxylic acids is 1. The van der Waals surface area contributed by atoms with Gasteiger partial charge in [-0.2, -0.15) is 0 Å². The summed E-state index contributed by atoms with van der Waals surface area (Å²) in [6, 6.07) is 19.3. The molecule has 4 rings (SSSR count). The molecule has 0 spiro atoms. The van der Waals surface area contributed by atoms with E-state index < -0.39 is 0 Å². The summed E-state index contributed by atoms with van der Waals surface area (Å²) >= 11 is 6.05. The van der Waals surface area contributed by atoms with Crippen molar-refractivity contribution in [1.82, 2.24) is 9.88 Å². The summed E-state index contributed by atoms with van der Waals surface area (Å²) in [5.41, 5.74) is 3.32. The molecule has 4 nitrogen and oxygen atoms in total. The van der Waals surface area contributed by atoms with Crippen LogP contribution in [0.1, 0.15) is 43.0 Å². The van der Waals surface area contributed by atoms with Gasteiger partial charge in [-0.3, -0.25) is 4.79 Å². The number of pyridine rings is 1. The van der Waals surface area contributed by atoms with Crippen molar-refractivity contribution in [1.29, 1.82) is 0 Å². The number of likely N-dealkylation sites (tertiary alicyclic amines) is 1. The Morgan fingerprint density at radius 2 is 1.78 bits per heavy atom. The monoisotopic (exact) mass is 498 g/mol. The fraction of sp³-hybridized carbons (Fsp3) is 0.226. The normalized spacial score (nSPS) is 14.8. The van der Waals surface area contributed by atoms with Gasteiger partial charge in [0.25, 0.3) is 5.91 Å². The van der Waals surface area contributed by atoms with Crippen LogP contribution >= 0.6 is 11.6 Å². The van der Waals surface area contributed by atoms with Gasteiger partial charge in [-0.1, -0.05) is 60.2 Å². The fourth-order valence-electron chi connectivity index (χ4n) is 4.20. The summed E-state index contributed by atoms with van der Waals surface area (Å²) < 4.78 is 6.01. The van der Waals surface area contributed by atoms with Crippen molar-refractivity contribution in [2.24, 2.45) is 0 Å². The first-order valence-electron chi connectivity index (χ1n) is 12.3. The van der Waals surface area contributed by atoms with Crippen LogP contribution in [0.3, 0.4) is 0 Å². The minimum atomic E-state index is 0.0528. The molecule has 1 aliphatic rings. The number of hydrogen-bond acceptors (Lipinski definition) is 3. The molecule has 0 saturated carbocycles. The number of halogens is 1. The molecular formula is C31H31ClN2O2. The lowest BCUT2D eigenvalue weighted by Gasteiger charge is -2.18. The molecule has 1 saturated heterocycles. The van der Waals surface area contributed by atoms with Gasteiger partial charge in [-0.15, -0.1) is 6.58 Å². The SMILES string of the molecule is C=CCC=c1ccc(COc2ccc(C(=Cc3ccc(Cl)cc3)C(=O)N3CCCC3)cc2)nc1=CC. The average molecular weight is 499 g/mol. The first-order valence-corrected chi connectivity index (χ1v) is 12.7. The van der Waals surface area contributed by atoms with Gasteiger partial charge in [0.05, 0.1) is 11.0 Å². The molecule has 0 unspecified atom stereocenters. The quantitative estimate of drug-likeness (QED) is 0.229. The summed E-state index contributed by atoms with van der Waals surface area (Å²) in [6.07, 6.45) is 10.8. The molecule has 0 N–H and O–H groups in total. The third-order valence-corrected chi connectivity index (χ3v) is 6.40. The summed E-state index contributed by atoms with van der Waals surface area (Å²) in [7, 11) is 0. The van der Waals surface area contributed by atoms with Crippen LogP contribution in [0, 0.1) is 0 Å². The second-order valence-corrected chi connectivity index (χ2v) is 9.15. The lowest BCUT2D eigenvalue weighted by Crippen LogP contribution is -2.29. The first kappa shape index (κ1) is 25.5. The van der Waals surface area contributed by atoms with Crippen molar-refractivity contribution in [3.8, 4) is 5.75 Å². The highest BCUT2D eigenvalue weighted by atomic mass is 35.5. The molecule has 5 heteroatoms. The number of ether oxygens (including phenoxy) is 1. The van der Waals surface area contributed by atoms with Gasteiger partial charge in [0.15, 0.2) is 0 Å². The molecule has 1 aromatic heterocycles. The molecule has 1 aliphatic heterocycles. The highest BCUT2D eigenvalue weighted by Crippen LogP contribution is 2.26. The van der Waals surface area contributed by atoms with Crippen LogP contribution < -0.4 is 15.3 Å². The van der Waals surface area contributed by atoms with Gasteiger partial charge in [-0.05, 0) is 78.9 Å². The summed E-state index contributed by atoms with van der Waals surface area (Å²) in [6.45, 7) is 7.71. The van der Waals surface area contributed by atoms with Gasteiger partial charge in [0, 0.05) is 23.7 Å². The number of benzene rings is 2. The smallest absolute Gasteiger partial charge is 0.254 e. The van der Waals surface area contributed by atoms with Crippen molar-refractivity contribution < 1.29 is 9.53 Å². The Hall–Kier alpha value is -3.63. The van der Waals surface area contributed by atoms with E-state index in [1.807, 2.05) is 84.6 Å². The lowest BCUT2D eigenvalue weighted by molar-refractivity contribution is -0.123. The minimum Gasteiger partial charge on any atom is -0.487 e. The van der Waals surface area contributed by atoms with Crippen molar-refractivity contribution in [2.75, 3.05) is 13.1 Å². The highest BCUT2D eigenvalue weighted by Gasteiger charge is 2.22. The maximum absolute atomic E-state index is 13.3. The van der Waals surface area contributed by atoms with Gasteiger partial charge >= 0.3 is 0 Å². The molecule has 1 amide bonds. The summed E-state index contributed by atoms with van der Waals surface area (Å²) in [5, 5.41) is 2.70. The average Bonchev–Trinajstić information content (AvgIpc) is 3.46. The predicted octanol–water partition coefficient (Wildman–Crippen LogP) is 5.63. The Kier molecular flexibility index (Phi) is 8.75. The fourth-order valence-corrected chi connectivity index (χ4v) is 4.32. The first-order chi connectivity index (χ1) is 17.6. The Balaban J connectivity index is 1.53. The molecule has 2 aromatic carbocycles. The lowest BCUT2D eigenvalue weighted by atomic mass is 10.0. The maximum atomic E-state index is 13.3. The van der Waals surface area contributed by atoms with E-state index in [4.69, 9.17) is 21.3 Å². The summed E-state index contributed by atoms with van der Waals surface area (Å²) in [5.74, 6) is 0.779. The van der Waals surface area contributed by atoms with Crippen LogP contribution in [-0.2, 0) is 11.4 Å². The standard InChI is InChI=1S/C31H31ClN2O2/c1-3-5-8-25-11-16-27(33-30(25)4-2)22-36-28-17-12-24(13-18-28)29(31(35)34-19-6-7-20-34)21-23-9-14-26(32)15-10-23/h3-4,8-18,21H,1,5-7,19-20,22H2,2H3. The second kappa shape index (κ2) is 12.4. The topological polar surface area (TPSA) is 42.4 Å². The van der Waals surface area contributed by atoms with E-state index in [-0.39, 0.29) is 5.91 Å². The van der Waals surface area contributed by atoms with E-state index in [1.54, 1.807) is 0 Å². The van der Waals surface area contributed by atoms with Gasteiger partial charge in [0.2, 0.25) is 0 Å². The number of hydrogen-bond donors (Lipinski definition) is 0. The molecule has 36 heavy (non-hydrogen) atoms. The Morgan fingerprint density at radius 3 is 2.44 bits per heavy atom. The zero-order chi connectivity index (χ0) is 25.3. The van der Waals surface area contributed by atoms with Crippen molar-refractivity contribution in [2.45, 2.75) is 32.8 Å². The van der Waals surface area contributed by atoms with Gasteiger partial charge in [-0.25, -0.2) is 4.98 Å². The van der Waals surface area contributed by atoms with Crippen LogP contribution in [0.5, 0.6) is 5.75 Å². The third kappa shape index (κ3) is 6.52. The molecule has 3 aromatic rings.